The molecule has 2 unspecified atom stereocenters. The van der Waals surface area contributed by atoms with Gasteiger partial charge < -0.3 is 10.6 Å². The van der Waals surface area contributed by atoms with Crippen LogP contribution in [0.2, 0.25) is 5.02 Å². The molecular formula is C17H22Cl3N3OS. The molecule has 1 saturated heterocycles. The number of thiazole rings is 1. The molecule has 0 saturated carbocycles. The molecule has 1 fully saturated rings. The number of hydrogen-bond acceptors (Lipinski definition) is 4. The van der Waals surface area contributed by atoms with Gasteiger partial charge in [0.25, 0.3) is 5.91 Å². The van der Waals surface area contributed by atoms with Crippen LogP contribution >= 0.6 is 47.8 Å². The maximum atomic E-state index is 12.6. The molecule has 1 aliphatic heterocycles. The summed E-state index contributed by atoms with van der Waals surface area (Å²) in [5.41, 5.74) is 1.75. The van der Waals surface area contributed by atoms with Gasteiger partial charge in [-0.05, 0) is 37.9 Å². The van der Waals surface area contributed by atoms with Gasteiger partial charge in [0.15, 0.2) is 0 Å². The van der Waals surface area contributed by atoms with Crippen LogP contribution in [0, 0.1) is 12.8 Å². The Hall–Kier alpha value is -0.850. The predicted molar refractivity (Wildman–Crippen MR) is 110 cm³/mol. The fourth-order valence-corrected chi connectivity index (χ4v) is 3.84. The van der Waals surface area contributed by atoms with Crippen molar-refractivity contribution in [1.29, 1.82) is 0 Å². The number of nitrogens with one attached hydrogen (secondary N) is 2. The number of carbonyl (C=O) groups is 1. The van der Waals surface area contributed by atoms with Crippen LogP contribution in [0.1, 0.15) is 28.7 Å². The minimum Gasteiger partial charge on any atom is -0.347 e. The van der Waals surface area contributed by atoms with Crippen LogP contribution in [-0.2, 0) is 0 Å². The average molecular weight is 423 g/mol. The van der Waals surface area contributed by atoms with Crippen molar-refractivity contribution in [1.82, 2.24) is 15.6 Å². The van der Waals surface area contributed by atoms with Crippen LogP contribution in [-0.4, -0.2) is 30.0 Å². The number of nitrogens with zero attached hydrogens (tertiary/aromatic N) is 1. The molecule has 2 heterocycles. The third-order valence-electron chi connectivity index (χ3n) is 4.24. The summed E-state index contributed by atoms with van der Waals surface area (Å²) in [5.74, 6) is 0.463. The van der Waals surface area contributed by atoms with E-state index in [1.165, 1.54) is 11.3 Å². The van der Waals surface area contributed by atoms with Gasteiger partial charge in [-0.15, -0.1) is 36.2 Å². The molecular weight excluding hydrogens is 401 g/mol. The Labute approximate surface area is 169 Å². The van der Waals surface area contributed by atoms with E-state index < -0.39 is 0 Å². The third-order valence-corrected chi connectivity index (χ3v) is 5.70. The fourth-order valence-electron chi connectivity index (χ4n) is 2.74. The molecule has 3 rings (SSSR count). The van der Waals surface area contributed by atoms with Gasteiger partial charge in [0.05, 0.1) is 5.69 Å². The van der Waals surface area contributed by atoms with Crippen LogP contribution in [0.4, 0.5) is 0 Å². The van der Waals surface area contributed by atoms with Crippen LogP contribution < -0.4 is 10.6 Å². The molecule has 1 aliphatic rings. The van der Waals surface area contributed by atoms with Gasteiger partial charge >= 0.3 is 0 Å². The Morgan fingerprint density at radius 3 is 2.64 bits per heavy atom. The van der Waals surface area contributed by atoms with Crippen molar-refractivity contribution in [3.05, 3.63) is 39.9 Å². The lowest BCUT2D eigenvalue weighted by Crippen LogP contribution is -2.50. The molecule has 8 heteroatoms. The van der Waals surface area contributed by atoms with Crippen LogP contribution in [0.15, 0.2) is 24.3 Å². The van der Waals surface area contributed by atoms with Gasteiger partial charge in [0.1, 0.15) is 9.88 Å². The van der Waals surface area contributed by atoms with E-state index in [0.29, 0.717) is 15.8 Å². The summed E-state index contributed by atoms with van der Waals surface area (Å²) in [6.45, 7) is 5.92. The molecule has 0 aliphatic carbocycles. The minimum absolute atomic E-state index is 0. The zero-order valence-electron chi connectivity index (χ0n) is 14.0. The van der Waals surface area contributed by atoms with E-state index in [1.807, 2.05) is 31.2 Å². The Kier molecular flexibility index (Phi) is 8.64. The molecule has 2 N–H and O–H groups in total. The van der Waals surface area contributed by atoms with Crippen molar-refractivity contribution in [3.8, 4) is 10.6 Å². The average Bonchev–Trinajstić information content (AvgIpc) is 2.92. The largest absolute Gasteiger partial charge is 0.347 e. The summed E-state index contributed by atoms with van der Waals surface area (Å²) < 4.78 is 0. The Morgan fingerprint density at radius 2 is 2.00 bits per heavy atom. The second kappa shape index (κ2) is 9.74. The standard InChI is InChI=1S/C17H20ClN3OS.2ClH/c1-10-7-8-19-9-14(10)21-16(22)15-11(2)20-17(23-15)12-3-5-13(18)6-4-12;;/h3-6,10,14,19H,7-9H2,1-2H3,(H,21,22);2*1H. The van der Waals surface area contributed by atoms with Gasteiger partial charge in [-0.1, -0.05) is 30.7 Å². The first-order valence-corrected chi connectivity index (χ1v) is 8.99. The predicted octanol–water partition coefficient (Wildman–Crippen LogP) is 4.34. The molecule has 0 spiro atoms. The molecule has 4 nitrogen and oxygen atoms in total. The fraction of sp³-hybridized carbons (Fsp3) is 0.412. The van der Waals surface area contributed by atoms with E-state index >= 15 is 0 Å². The summed E-state index contributed by atoms with van der Waals surface area (Å²) in [6, 6.07) is 7.70. The monoisotopic (exact) mass is 421 g/mol. The molecule has 0 bridgehead atoms. The number of aryl methyl sites for hydroxylation is 1. The second-order valence-corrected chi connectivity index (χ2v) is 7.43. The smallest absolute Gasteiger partial charge is 0.263 e. The van der Waals surface area contributed by atoms with Gasteiger partial charge in [-0.3, -0.25) is 4.79 Å². The maximum absolute atomic E-state index is 12.6. The number of carbonyl (C=O) groups excluding carboxylic acids is 1. The van der Waals surface area contributed by atoms with E-state index in [2.05, 4.69) is 22.5 Å². The normalized spacial score (nSPS) is 19.5. The lowest BCUT2D eigenvalue weighted by atomic mass is 9.95. The summed E-state index contributed by atoms with van der Waals surface area (Å²) in [6.07, 6.45) is 1.09. The van der Waals surface area contributed by atoms with Crippen LogP contribution in [0.25, 0.3) is 10.6 Å². The summed E-state index contributed by atoms with van der Waals surface area (Å²) in [5, 5.41) is 8.02. The Balaban J connectivity index is 0.00000156. The number of amides is 1. The van der Waals surface area contributed by atoms with E-state index in [1.54, 1.807) is 0 Å². The molecule has 2 aromatic rings. The lowest BCUT2D eigenvalue weighted by molar-refractivity contribution is 0.0918. The molecule has 2 atom stereocenters. The van der Waals surface area contributed by atoms with E-state index in [-0.39, 0.29) is 36.8 Å². The van der Waals surface area contributed by atoms with Gasteiger partial charge in [0.2, 0.25) is 0 Å². The quantitative estimate of drug-likeness (QED) is 0.773. The molecule has 25 heavy (non-hydrogen) atoms. The number of piperidine rings is 1. The zero-order valence-corrected chi connectivity index (χ0v) is 17.2. The molecule has 1 aromatic carbocycles. The summed E-state index contributed by atoms with van der Waals surface area (Å²) in [7, 11) is 0. The molecule has 138 valence electrons. The van der Waals surface area contributed by atoms with Crippen LogP contribution in [0.5, 0.6) is 0 Å². The second-order valence-electron chi connectivity index (χ2n) is 5.99. The third kappa shape index (κ3) is 5.31. The highest BCUT2D eigenvalue weighted by atomic mass is 35.5. The van der Waals surface area contributed by atoms with Gasteiger partial charge in [0, 0.05) is 23.2 Å². The highest BCUT2D eigenvalue weighted by Crippen LogP contribution is 2.29. The number of benzene rings is 1. The maximum Gasteiger partial charge on any atom is 0.263 e. The van der Waals surface area contributed by atoms with Crippen molar-refractivity contribution in [2.45, 2.75) is 26.3 Å². The Bertz CT molecular complexity index is 706. The topological polar surface area (TPSA) is 54.0 Å². The summed E-state index contributed by atoms with van der Waals surface area (Å²) >= 11 is 7.35. The van der Waals surface area contributed by atoms with E-state index in [4.69, 9.17) is 11.6 Å². The highest BCUT2D eigenvalue weighted by molar-refractivity contribution is 7.17. The number of hydrogen-bond donors (Lipinski definition) is 2. The van der Waals surface area contributed by atoms with Gasteiger partial charge in [-0.25, -0.2) is 4.98 Å². The van der Waals surface area contributed by atoms with Crippen molar-refractivity contribution in [2.75, 3.05) is 13.1 Å². The molecule has 0 radical (unpaired) electrons. The number of aromatic nitrogens is 1. The first kappa shape index (κ1) is 22.2. The lowest BCUT2D eigenvalue weighted by Gasteiger charge is -2.30. The Morgan fingerprint density at radius 1 is 1.32 bits per heavy atom. The van der Waals surface area contributed by atoms with Gasteiger partial charge in [-0.2, -0.15) is 0 Å². The SMILES string of the molecule is Cc1nc(-c2ccc(Cl)cc2)sc1C(=O)NC1CNCCC1C.Cl.Cl. The number of rotatable bonds is 3. The zero-order chi connectivity index (χ0) is 16.4. The van der Waals surface area contributed by atoms with Crippen LogP contribution in [0.3, 0.4) is 0 Å². The first-order chi connectivity index (χ1) is 11.0. The van der Waals surface area contributed by atoms with E-state index in [9.17, 15) is 4.79 Å². The van der Waals surface area contributed by atoms with Crippen molar-refractivity contribution < 1.29 is 4.79 Å². The summed E-state index contributed by atoms with van der Waals surface area (Å²) in [4.78, 5) is 17.8. The molecule has 1 aromatic heterocycles. The first-order valence-electron chi connectivity index (χ1n) is 7.79. The van der Waals surface area contributed by atoms with E-state index in [0.717, 1.165) is 35.8 Å². The van der Waals surface area contributed by atoms with Crippen molar-refractivity contribution in [3.63, 3.8) is 0 Å². The van der Waals surface area contributed by atoms with Crippen molar-refractivity contribution >= 4 is 53.7 Å². The van der Waals surface area contributed by atoms with Crippen molar-refractivity contribution in [2.24, 2.45) is 5.92 Å². The number of halogens is 3. The highest BCUT2D eigenvalue weighted by Gasteiger charge is 2.25. The molecule has 1 amide bonds. The minimum atomic E-state index is -0.0271.